The van der Waals surface area contributed by atoms with Crippen LogP contribution in [0.25, 0.3) is 0 Å². The number of aryl methyl sites for hydroxylation is 1. The second kappa shape index (κ2) is 6.52. The molecule has 2 aromatic carbocycles. The van der Waals surface area contributed by atoms with Gasteiger partial charge < -0.3 is 4.74 Å². The molecule has 0 saturated carbocycles. The van der Waals surface area contributed by atoms with Crippen molar-refractivity contribution in [2.75, 3.05) is 6.61 Å². The van der Waals surface area contributed by atoms with Gasteiger partial charge in [0.15, 0.2) is 0 Å². The van der Waals surface area contributed by atoms with E-state index < -0.39 is 10.8 Å². The minimum Gasteiger partial charge on any atom is -0.475 e. The molecule has 0 spiro atoms. The molecule has 0 unspecified atom stereocenters. The highest BCUT2D eigenvalue weighted by atomic mass is 32.2. The van der Waals surface area contributed by atoms with Gasteiger partial charge in [-0.25, -0.2) is 9.20 Å². The Morgan fingerprint density at radius 2 is 1.75 bits per heavy atom. The van der Waals surface area contributed by atoms with E-state index in [1.165, 1.54) is 0 Å². The Bertz CT molecular complexity index is 788. The number of aliphatic imine (C=N–C) groups is 1. The van der Waals surface area contributed by atoms with E-state index in [4.69, 9.17) is 9.73 Å². The quantitative estimate of drug-likeness (QED) is 0.832. The Hall–Kier alpha value is -1.94. The summed E-state index contributed by atoms with van der Waals surface area (Å²) >= 11 is 0. The fraction of sp³-hybridized carbons (Fsp3) is 0.350. The van der Waals surface area contributed by atoms with E-state index in [0.717, 1.165) is 20.9 Å². The molecule has 1 aliphatic heterocycles. The van der Waals surface area contributed by atoms with Crippen LogP contribution in [0.5, 0.6) is 0 Å². The summed E-state index contributed by atoms with van der Waals surface area (Å²) in [7, 11) is -1.26. The lowest BCUT2D eigenvalue weighted by Crippen LogP contribution is -2.25. The average molecular weight is 341 g/mol. The normalized spacial score (nSPS) is 18.8. The SMILES string of the molecule is Cc1ccc([S@@](=O)c2ccccc2C2=N[C@@H](C(C)(C)C)CO2)cc1. The zero-order valence-electron chi connectivity index (χ0n) is 14.6. The summed E-state index contributed by atoms with van der Waals surface area (Å²) < 4.78 is 18.9. The molecule has 4 heteroatoms. The molecule has 0 fully saturated rings. The van der Waals surface area contributed by atoms with Crippen molar-refractivity contribution in [3.8, 4) is 0 Å². The highest BCUT2D eigenvalue weighted by Crippen LogP contribution is 2.29. The Kier molecular flexibility index (Phi) is 4.59. The molecule has 0 bridgehead atoms. The minimum absolute atomic E-state index is 0.0484. The topological polar surface area (TPSA) is 38.7 Å². The molecule has 24 heavy (non-hydrogen) atoms. The Balaban J connectivity index is 1.97. The van der Waals surface area contributed by atoms with Crippen LogP contribution in [0, 0.1) is 12.3 Å². The third-order valence-corrected chi connectivity index (χ3v) is 5.66. The summed E-state index contributed by atoms with van der Waals surface area (Å²) in [5.41, 5.74) is 2.02. The van der Waals surface area contributed by atoms with Crippen molar-refractivity contribution in [2.45, 2.75) is 43.5 Å². The van der Waals surface area contributed by atoms with Gasteiger partial charge in [-0.2, -0.15) is 0 Å². The van der Waals surface area contributed by atoms with Crippen LogP contribution in [0.15, 0.2) is 63.3 Å². The van der Waals surface area contributed by atoms with Crippen molar-refractivity contribution in [3.63, 3.8) is 0 Å². The maximum absolute atomic E-state index is 13.0. The zero-order valence-corrected chi connectivity index (χ0v) is 15.4. The van der Waals surface area contributed by atoms with Crippen molar-refractivity contribution in [2.24, 2.45) is 10.4 Å². The monoisotopic (exact) mass is 341 g/mol. The summed E-state index contributed by atoms with van der Waals surface area (Å²) in [5, 5.41) is 0. The average Bonchev–Trinajstić information content (AvgIpc) is 3.05. The molecule has 0 amide bonds. The molecule has 0 N–H and O–H groups in total. The molecule has 0 aromatic heterocycles. The number of nitrogens with zero attached hydrogens (tertiary/aromatic N) is 1. The van der Waals surface area contributed by atoms with Gasteiger partial charge in [-0.3, -0.25) is 0 Å². The molecule has 3 nitrogen and oxygen atoms in total. The van der Waals surface area contributed by atoms with E-state index in [9.17, 15) is 4.21 Å². The van der Waals surface area contributed by atoms with Gasteiger partial charge in [-0.05, 0) is 36.6 Å². The predicted molar refractivity (Wildman–Crippen MR) is 98.0 cm³/mol. The minimum atomic E-state index is -1.26. The van der Waals surface area contributed by atoms with Crippen molar-refractivity contribution in [1.29, 1.82) is 0 Å². The second-order valence-corrected chi connectivity index (χ2v) is 8.65. The number of rotatable bonds is 3. The van der Waals surface area contributed by atoms with E-state index in [0.29, 0.717) is 12.5 Å². The standard InChI is InChI=1S/C20H23NO2S/c1-14-9-11-15(12-10-14)24(22)17-8-6-5-7-16(17)19-21-18(13-23-19)20(2,3)4/h5-12,18H,13H2,1-4H3/t18-,24-/m1/s1. The summed E-state index contributed by atoms with van der Waals surface area (Å²) in [6.07, 6.45) is 0. The fourth-order valence-electron chi connectivity index (χ4n) is 2.56. The van der Waals surface area contributed by atoms with Crippen LogP contribution in [-0.4, -0.2) is 22.8 Å². The molecule has 1 heterocycles. The van der Waals surface area contributed by atoms with E-state index in [-0.39, 0.29) is 11.5 Å². The smallest absolute Gasteiger partial charge is 0.217 e. The largest absolute Gasteiger partial charge is 0.475 e. The first-order valence-corrected chi connectivity index (χ1v) is 9.29. The highest BCUT2D eigenvalue weighted by molar-refractivity contribution is 7.85. The Morgan fingerprint density at radius 1 is 1.08 bits per heavy atom. The Labute approximate surface area is 146 Å². The van der Waals surface area contributed by atoms with Crippen molar-refractivity contribution < 1.29 is 8.95 Å². The molecular weight excluding hydrogens is 318 g/mol. The molecule has 126 valence electrons. The number of benzene rings is 2. The van der Waals surface area contributed by atoms with Gasteiger partial charge in [0.25, 0.3) is 0 Å². The molecule has 2 atom stereocenters. The molecule has 0 aliphatic carbocycles. The summed E-state index contributed by atoms with van der Waals surface area (Å²) in [6, 6.07) is 15.6. The van der Waals surface area contributed by atoms with Gasteiger partial charge in [0.05, 0.1) is 27.3 Å². The van der Waals surface area contributed by atoms with Crippen LogP contribution in [-0.2, 0) is 15.5 Å². The number of ether oxygens (including phenoxy) is 1. The first-order valence-electron chi connectivity index (χ1n) is 8.15. The van der Waals surface area contributed by atoms with Crippen LogP contribution in [0.1, 0.15) is 31.9 Å². The van der Waals surface area contributed by atoms with Crippen molar-refractivity contribution in [3.05, 3.63) is 59.7 Å². The fourth-order valence-corrected chi connectivity index (χ4v) is 3.75. The van der Waals surface area contributed by atoms with Gasteiger partial charge in [0.1, 0.15) is 6.61 Å². The number of hydrogen-bond donors (Lipinski definition) is 0. The first-order chi connectivity index (χ1) is 11.4. The van der Waals surface area contributed by atoms with Gasteiger partial charge >= 0.3 is 0 Å². The van der Waals surface area contributed by atoms with Gasteiger partial charge in [-0.15, -0.1) is 0 Å². The van der Waals surface area contributed by atoms with E-state index >= 15 is 0 Å². The molecule has 0 radical (unpaired) electrons. The predicted octanol–water partition coefficient (Wildman–Crippen LogP) is 4.35. The van der Waals surface area contributed by atoms with Crippen molar-refractivity contribution >= 4 is 16.7 Å². The zero-order chi connectivity index (χ0) is 17.3. The van der Waals surface area contributed by atoms with E-state index in [2.05, 4.69) is 20.8 Å². The van der Waals surface area contributed by atoms with Crippen LogP contribution in [0.4, 0.5) is 0 Å². The third-order valence-electron chi connectivity index (χ3n) is 4.20. The van der Waals surface area contributed by atoms with Crippen molar-refractivity contribution in [1.82, 2.24) is 0 Å². The molecule has 0 saturated heterocycles. The Morgan fingerprint density at radius 3 is 2.38 bits per heavy atom. The van der Waals surface area contributed by atoms with Crippen LogP contribution in [0.3, 0.4) is 0 Å². The molecule has 2 aromatic rings. The van der Waals surface area contributed by atoms with Gasteiger partial charge in [0.2, 0.25) is 5.90 Å². The summed E-state index contributed by atoms with van der Waals surface area (Å²) in [4.78, 5) is 6.28. The second-order valence-electron chi connectivity index (χ2n) is 7.21. The highest BCUT2D eigenvalue weighted by Gasteiger charge is 2.31. The first kappa shape index (κ1) is 16.9. The van der Waals surface area contributed by atoms with Crippen LogP contribution < -0.4 is 0 Å². The number of hydrogen-bond acceptors (Lipinski definition) is 3. The third kappa shape index (κ3) is 3.44. The summed E-state index contributed by atoms with van der Waals surface area (Å²) in [6.45, 7) is 9.07. The maximum atomic E-state index is 13.0. The van der Waals surface area contributed by atoms with Gasteiger partial charge in [0, 0.05) is 4.90 Å². The summed E-state index contributed by atoms with van der Waals surface area (Å²) in [5.74, 6) is 0.603. The van der Waals surface area contributed by atoms with E-state index in [1.807, 2.05) is 55.5 Å². The van der Waals surface area contributed by atoms with Crippen LogP contribution in [0.2, 0.25) is 0 Å². The van der Waals surface area contributed by atoms with Crippen LogP contribution >= 0.6 is 0 Å². The lowest BCUT2D eigenvalue weighted by molar-refractivity contribution is 0.235. The lowest BCUT2D eigenvalue weighted by Gasteiger charge is -2.21. The molecule has 1 aliphatic rings. The van der Waals surface area contributed by atoms with E-state index in [1.54, 1.807) is 0 Å². The lowest BCUT2D eigenvalue weighted by atomic mass is 9.88. The maximum Gasteiger partial charge on any atom is 0.217 e. The molecular formula is C20H23NO2S. The van der Waals surface area contributed by atoms with Gasteiger partial charge in [-0.1, -0.05) is 50.6 Å². The molecule has 3 rings (SSSR count).